The number of quaternary nitrogens is 4. The zero-order valence-corrected chi connectivity index (χ0v) is 49.0. The van der Waals surface area contributed by atoms with E-state index in [1.54, 1.807) is 11.1 Å². The lowest BCUT2D eigenvalue weighted by Gasteiger charge is -2.50. The summed E-state index contributed by atoms with van der Waals surface area (Å²) in [5.41, 5.74) is 13.3. The molecule has 74 heavy (non-hydrogen) atoms. The predicted molar refractivity (Wildman–Crippen MR) is 316 cm³/mol. The third-order valence-electron chi connectivity index (χ3n) is 16.3. The van der Waals surface area contributed by atoms with Gasteiger partial charge in [-0.25, -0.2) is 0 Å². The first kappa shape index (κ1) is 57.2. The molecular formula is C68H102N4O2+4. The van der Waals surface area contributed by atoms with Crippen LogP contribution in [0.1, 0.15) is 149 Å². The van der Waals surface area contributed by atoms with E-state index in [1.165, 1.54) is 168 Å². The first-order valence-corrected chi connectivity index (χ1v) is 29.3. The maximum absolute atomic E-state index is 6.84. The van der Waals surface area contributed by atoms with Gasteiger partial charge in [-0.05, 0) is 164 Å². The second-order valence-corrected chi connectivity index (χ2v) is 26.8. The molecule has 0 radical (unpaired) electrons. The van der Waals surface area contributed by atoms with E-state index in [-0.39, 0.29) is 5.41 Å². The number of unbranched alkanes of at least 4 members (excludes halogenated alkanes) is 12. The van der Waals surface area contributed by atoms with Gasteiger partial charge in [0.1, 0.15) is 11.5 Å². The molecule has 6 nitrogen and oxygen atoms in total. The number of hydrogen-bond donors (Lipinski definition) is 0. The summed E-state index contributed by atoms with van der Waals surface area (Å²) in [6.07, 6.45) is 22.0. The summed E-state index contributed by atoms with van der Waals surface area (Å²) >= 11 is 0. The summed E-state index contributed by atoms with van der Waals surface area (Å²) in [6.45, 7) is 6.31. The molecule has 0 atom stereocenters. The summed E-state index contributed by atoms with van der Waals surface area (Å²) < 4.78 is 17.6. The highest BCUT2D eigenvalue weighted by Gasteiger charge is 2.55. The molecule has 7 rings (SSSR count). The Kier molecular flexibility index (Phi) is 19.4. The number of hydrogen-bond acceptors (Lipinski definition) is 2. The average molecular weight is 1010 g/mol. The topological polar surface area (TPSA) is 18.5 Å². The lowest BCUT2D eigenvalue weighted by molar-refractivity contribution is -0.870. The van der Waals surface area contributed by atoms with Crippen LogP contribution in [-0.2, 0) is 10.8 Å². The van der Waals surface area contributed by atoms with Crippen LogP contribution in [0.4, 0.5) is 0 Å². The van der Waals surface area contributed by atoms with Crippen LogP contribution in [0.5, 0.6) is 11.5 Å². The van der Waals surface area contributed by atoms with E-state index in [2.05, 4.69) is 194 Å². The van der Waals surface area contributed by atoms with E-state index < -0.39 is 5.41 Å². The van der Waals surface area contributed by atoms with Crippen LogP contribution in [0, 0.1) is 0 Å². The highest BCUT2D eigenvalue weighted by Crippen LogP contribution is 2.64. The van der Waals surface area contributed by atoms with Gasteiger partial charge in [0.05, 0.1) is 129 Å². The van der Waals surface area contributed by atoms with Crippen molar-refractivity contribution in [2.75, 3.05) is 124 Å². The smallest absolute Gasteiger partial charge is 0.127 e. The van der Waals surface area contributed by atoms with Gasteiger partial charge in [-0.2, -0.15) is 0 Å². The molecule has 5 aromatic rings. The van der Waals surface area contributed by atoms with Gasteiger partial charge >= 0.3 is 0 Å². The van der Waals surface area contributed by atoms with Gasteiger partial charge in [0.2, 0.25) is 0 Å². The molecule has 1 spiro atoms. The molecule has 0 unspecified atom stereocenters. The second-order valence-electron chi connectivity index (χ2n) is 26.8. The maximum Gasteiger partial charge on any atom is 0.127 e. The zero-order valence-electron chi connectivity index (χ0n) is 49.0. The molecule has 0 saturated carbocycles. The minimum atomic E-state index is -0.472. The molecule has 0 fully saturated rings. The molecule has 2 aliphatic rings. The zero-order chi connectivity index (χ0) is 53.0. The number of ether oxygens (including phenoxy) is 2. The SMILES string of the molecule is C[N+](C)(C)CCCCCCOc1ccc(OCCCCCC[N+](C)(C)C)c(-c2ccc3c(c2)C2(c4ccccc4-3)c3ccccc3C(CCCCCC[N+](C)(C)C)(CCCCCC[N+](C)(C)C)c3ccccc32)c1. The molecule has 0 bridgehead atoms. The quantitative estimate of drug-likeness (QED) is 0.0319. The normalized spacial score (nSPS) is 14.6. The first-order valence-electron chi connectivity index (χ1n) is 29.3. The highest BCUT2D eigenvalue weighted by atomic mass is 16.5. The van der Waals surface area contributed by atoms with Gasteiger partial charge < -0.3 is 27.4 Å². The van der Waals surface area contributed by atoms with Gasteiger partial charge in [0.15, 0.2) is 0 Å². The van der Waals surface area contributed by atoms with Crippen molar-refractivity contribution in [1.82, 2.24) is 0 Å². The number of rotatable bonds is 31. The summed E-state index contributed by atoms with van der Waals surface area (Å²) in [4.78, 5) is 0. The summed E-state index contributed by atoms with van der Waals surface area (Å²) in [5, 5.41) is 0. The van der Waals surface area contributed by atoms with Gasteiger partial charge in [-0.1, -0.05) is 111 Å². The van der Waals surface area contributed by atoms with Crippen molar-refractivity contribution in [3.8, 4) is 33.8 Å². The van der Waals surface area contributed by atoms with Gasteiger partial charge in [-0.15, -0.1) is 0 Å². The number of fused-ring (bicyclic) bond motifs is 9. The van der Waals surface area contributed by atoms with E-state index in [1.807, 2.05) is 0 Å². The molecule has 402 valence electrons. The second kappa shape index (κ2) is 25.1. The van der Waals surface area contributed by atoms with Crippen molar-refractivity contribution in [3.63, 3.8) is 0 Å². The minimum absolute atomic E-state index is 0.0711. The van der Waals surface area contributed by atoms with Crippen molar-refractivity contribution in [3.05, 3.63) is 143 Å². The predicted octanol–water partition coefficient (Wildman–Crippen LogP) is 14.9. The van der Waals surface area contributed by atoms with Crippen LogP contribution in [0.25, 0.3) is 22.3 Å². The standard InChI is InChI=1S/C68H102N4O2/c1-69(2,3)47-29-15-13-27-45-67(46-28-14-16-30-48-70(4,5)6)61-37-23-25-39-63(61)68(64-40-26-24-38-62(64)67)60-36-22-21-35-57(60)58-43-41-55(53-65(58)68)59-54-56(73-51-33-19-17-31-49-71(7,8)9)42-44-66(59)74-52-34-20-18-32-50-72(10,11)12/h21-26,35-44,53-54H,13-20,27-34,45-52H2,1-12H3/q+4. The number of benzene rings is 5. The molecule has 0 saturated heterocycles. The highest BCUT2D eigenvalue weighted by molar-refractivity contribution is 5.90. The Bertz CT molecular complexity index is 2470. The molecule has 6 heteroatoms. The van der Waals surface area contributed by atoms with E-state index >= 15 is 0 Å². The van der Waals surface area contributed by atoms with Crippen LogP contribution in [0.2, 0.25) is 0 Å². The van der Waals surface area contributed by atoms with Gasteiger partial charge in [-0.3, -0.25) is 0 Å². The average Bonchev–Trinajstić information content (AvgIpc) is 3.63. The Morgan fingerprint density at radius 2 is 0.730 bits per heavy atom. The number of nitrogens with zero attached hydrogens (tertiary/aromatic N) is 4. The van der Waals surface area contributed by atoms with E-state index in [0.717, 1.165) is 54.4 Å². The van der Waals surface area contributed by atoms with Crippen molar-refractivity contribution in [2.24, 2.45) is 0 Å². The first-order chi connectivity index (χ1) is 35.2. The van der Waals surface area contributed by atoms with Crippen LogP contribution in [0.3, 0.4) is 0 Å². The Hall–Kier alpha value is -4.46. The van der Waals surface area contributed by atoms with E-state index in [9.17, 15) is 0 Å². The van der Waals surface area contributed by atoms with Crippen molar-refractivity contribution >= 4 is 0 Å². The van der Waals surface area contributed by atoms with Gasteiger partial charge in [0, 0.05) is 11.0 Å². The van der Waals surface area contributed by atoms with Crippen molar-refractivity contribution in [1.29, 1.82) is 0 Å². The Labute approximate surface area is 452 Å². The lowest BCUT2D eigenvalue weighted by atomic mass is 9.52. The molecular weight excluding hydrogens is 905 g/mol. The molecule has 0 heterocycles. The van der Waals surface area contributed by atoms with E-state index in [4.69, 9.17) is 9.47 Å². The van der Waals surface area contributed by atoms with Crippen LogP contribution < -0.4 is 9.47 Å². The van der Waals surface area contributed by atoms with Crippen molar-refractivity contribution < 1.29 is 27.4 Å². The Balaban J connectivity index is 1.28. The molecule has 5 aromatic carbocycles. The fraction of sp³-hybridized carbons (Fsp3) is 0.559. The van der Waals surface area contributed by atoms with Crippen molar-refractivity contribution in [2.45, 2.75) is 126 Å². The summed E-state index contributed by atoms with van der Waals surface area (Å²) in [6, 6.07) is 42.8. The summed E-state index contributed by atoms with van der Waals surface area (Å²) in [7, 11) is 27.7. The largest absolute Gasteiger partial charge is 0.494 e. The Morgan fingerprint density at radius 3 is 1.22 bits per heavy atom. The third-order valence-corrected chi connectivity index (χ3v) is 16.3. The van der Waals surface area contributed by atoms with Crippen LogP contribution >= 0.6 is 0 Å². The molecule has 0 aliphatic heterocycles. The fourth-order valence-corrected chi connectivity index (χ4v) is 12.6. The van der Waals surface area contributed by atoms with Crippen LogP contribution in [-0.4, -0.2) is 142 Å². The molecule has 0 amide bonds. The maximum atomic E-state index is 6.84. The molecule has 0 N–H and O–H groups in total. The third kappa shape index (κ3) is 14.7. The molecule has 0 aromatic heterocycles. The minimum Gasteiger partial charge on any atom is -0.494 e. The fourth-order valence-electron chi connectivity index (χ4n) is 12.6. The lowest BCUT2D eigenvalue weighted by Crippen LogP contribution is -2.43. The van der Waals surface area contributed by atoms with E-state index in [0.29, 0.717) is 6.61 Å². The monoisotopic (exact) mass is 1010 g/mol. The molecule has 2 aliphatic carbocycles. The van der Waals surface area contributed by atoms with Gasteiger partial charge in [0.25, 0.3) is 0 Å². The van der Waals surface area contributed by atoms with Crippen LogP contribution in [0.15, 0.2) is 109 Å². The summed E-state index contributed by atoms with van der Waals surface area (Å²) in [5.74, 6) is 1.87. The Morgan fingerprint density at radius 1 is 0.324 bits per heavy atom.